The van der Waals surface area contributed by atoms with E-state index in [1.165, 1.54) is 7.11 Å². The fraction of sp³-hybridized carbons (Fsp3) is 0.632. The molecule has 1 aromatic rings. The summed E-state index contributed by atoms with van der Waals surface area (Å²) in [5.74, 6) is -0.847. The van der Waals surface area contributed by atoms with Crippen LogP contribution >= 0.6 is 0 Å². The lowest BCUT2D eigenvalue weighted by molar-refractivity contribution is -0.135. The molecule has 0 saturated heterocycles. The Hall–Kier alpha value is -2.11. The Bertz CT molecular complexity index is 671. The lowest BCUT2D eigenvalue weighted by Gasteiger charge is -2.28. The molecule has 0 unspecified atom stereocenters. The van der Waals surface area contributed by atoms with Crippen LogP contribution in [-0.4, -0.2) is 46.8 Å². The van der Waals surface area contributed by atoms with E-state index in [9.17, 15) is 14.4 Å². The van der Waals surface area contributed by atoms with Crippen LogP contribution in [0.25, 0.3) is 0 Å². The van der Waals surface area contributed by atoms with Gasteiger partial charge in [0.25, 0.3) is 0 Å². The molecule has 0 fully saturated rings. The minimum atomic E-state index is -0.458. The zero-order valence-corrected chi connectivity index (χ0v) is 16.6. The van der Waals surface area contributed by atoms with Crippen LogP contribution in [0, 0.1) is 19.8 Å². The van der Waals surface area contributed by atoms with E-state index in [0.717, 1.165) is 5.69 Å². The molecular weight excluding hydrogens is 320 g/mol. The number of carbonyl (C=O) groups is 3. The Balaban J connectivity index is 3.32. The largest absolute Gasteiger partial charge is 0.464 e. The van der Waals surface area contributed by atoms with Gasteiger partial charge in [0.1, 0.15) is 5.69 Å². The smallest absolute Gasteiger partial charge is 0.354 e. The summed E-state index contributed by atoms with van der Waals surface area (Å²) in [4.78, 5) is 39.1. The van der Waals surface area contributed by atoms with Gasteiger partial charge >= 0.3 is 5.97 Å². The first-order valence-corrected chi connectivity index (χ1v) is 8.69. The summed E-state index contributed by atoms with van der Waals surface area (Å²) in [6.07, 6.45) is 0. The summed E-state index contributed by atoms with van der Waals surface area (Å²) in [6, 6.07) is -0.0761. The van der Waals surface area contributed by atoms with Gasteiger partial charge in [-0.3, -0.25) is 9.59 Å². The molecule has 0 aliphatic heterocycles. The first-order chi connectivity index (χ1) is 11.6. The van der Waals surface area contributed by atoms with Gasteiger partial charge in [0.15, 0.2) is 5.78 Å². The lowest BCUT2D eigenvalue weighted by atomic mass is 10.0. The second kappa shape index (κ2) is 8.32. The number of amides is 1. The number of ether oxygens (including phenoxy) is 1. The molecule has 6 heteroatoms. The van der Waals surface area contributed by atoms with Gasteiger partial charge in [0.2, 0.25) is 5.91 Å². The molecule has 0 saturated carbocycles. The molecule has 0 atom stereocenters. The normalized spacial score (nSPS) is 11.1. The van der Waals surface area contributed by atoms with E-state index in [-0.39, 0.29) is 30.2 Å². The van der Waals surface area contributed by atoms with E-state index in [1.807, 2.05) is 41.5 Å². The Kier molecular flexibility index (Phi) is 6.96. The van der Waals surface area contributed by atoms with Crippen LogP contribution in [-0.2, 0) is 16.1 Å². The third-order valence-electron chi connectivity index (χ3n) is 4.45. The van der Waals surface area contributed by atoms with Crippen LogP contribution in [0.1, 0.15) is 66.7 Å². The second-order valence-electron chi connectivity index (χ2n) is 6.81. The Morgan fingerprint density at radius 3 is 2.08 bits per heavy atom. The molecule has 1 rings (SSSR count). The fourth-order valence-electron chi connectivity index (χ4n) is 3.14. The van der Waals surface area contributed by atoms with Gasteiger partial charge in [-0.15, -0.1) is 0 Å². The summed E-state index contributed by atoms with van der Waals surface area (Å²) >= 11 is 0. The summed E-state index contributed by atoms with van der Waals surface area (Å²) < 4.78 is 6.65. The average Bonchev–Trinajstić information content (AvgIpc) is 2.80. The molecule has 0 radical (unpaired) electrons. The Morgan fingerprint density at radius 1 is 1.12 bits per heavy atom. The molecule has 0 N–H and O–H groups in total. The maximum Gasteiger partial charge on any atom is 0.354 e. The van der Waals surface area contributed by atoms with Gasteiger partial charge in [-0.1, -0.05) is 13.8 Å². The molecule has 1 heterocycles. The van der Waals surface area contributed by atoms with Crippen LogP contribution in [0.3, 0.4) is 0 Å². The molecule has 0 aliphatic rings. The van der Waals surface area contributed by atoms with Crippen LogP contribution in [0.5, 0.6) is 0 Å². The summed E-state index contributed by atoms with van der Waals surface area (Å²) in [5, 5.41) is 0. The minimum absolute atomic E-state index is 0.00466. The summed E-state index contributed by atoms with van der Waals surface area (Å²) in [6.45, 7) is 13.5. The lowest BCUT2D eigenvalue weighted by Crippen LogP contribution is -2.43. The van der Waals surface area contributed by atoms with E-state index in [1.54, 1.807) is 16.4 Å². The number of aromatic nitrogens is 1. The van der Waals surface area contributed by atoms with Crippen molar-refractivity contribution < 1.29 is 19.1 Å². The number of Topliss-reactive ketones (excluding diaryl/α,β-unsaturated/α-hetero) is 1. The fourth-order valence-corrected chi connectivity index (χ4v) is 3.14. The first-order valence-electron chi connectivity index (χ1n) is 8.69. The van der Waals surface area contributed by atoms with Crippen LogP contribution in [0.15, 0.2) is 0 Å². The molecule has 0 aromatic carbocycles. The molecule has 25 heavy (non-hydrogen) atoms. The summed E-state index contributed by atoms with van der Waals surface area (Å²) in [5.41, 5.74) is 2.24. The molecular formula is C19H30N2O4. The summed E-state index contributed by atoms with van der Waals surface area (Å²) in [7, 11) is 1.33. The molecule has 140 valence electrons. The number of rotatable bonds is 7. The van der Waals surface area contributed by atoms with Gasteiger partial charge in [-0.25, -0.2) is 4.79 Å². The molecule has 6 nitrogen and oxygen atoms in total. The predicted molar refractivity (Wildman–Crippen MR) is 96.9 cm³/mol. The third kappa shape index (κ3) is 4.11. The van der Waals surface area contributed by atoms with Crippen molar-refractivity contribution in [3.8, 4) is 0 Å². The van der Waals surface area contributed by atoms with Crippen molar-refractivity contribution in [3.63, 3.8) is 0 Å². The van der Waals surface area contributed by atoms with Crippen molar-refractivity contribution in [2.24, 2.45) is 5.92 Å². The van der Waals surface area contributed by atoms with Gasteiger partial charge in [-0.2, -0.15) is 0 Å². The van der Waals surface area contributed by atoms with Gasteiger partial charge in [-0.05, 0) is 40.2 Å². The number of hydrogen-bond donors (Lipinski definition) is 0. The van der Waals surface area contributed by atoms with E-state index in [0.29, 0.717) is 23.4 Å². The molecule has 1 aromatic heterocycles. The third-order valence-corrected chi connectivity index (χ3v) is 4.45. The van der Waals surface area contributed by atoms with Crippen LogP contribution in [0.4, 0.5) is 0 Å². The van der Waals surface area contributed by atoms with Gasteiger partial charge < -0.3 is 14.2 Å². The van der Waals surface area contributed by atoms with E-state index < -0.39 is 5.97 Å². The minimum Gasteiger partial charge on any atom is -0.464 e. The monoisotopic (exact) mass is 350 g/mol. The SMILES string of the molecule is CCn1c(C)c(C(=O)CN(C(=O)C(C)C)C(C)C)c(C)c1C(=O)OC. The van der Waals surface area contributed by atoms with Gasteiger partial charge in [0, 0.05) is 29.8 Å². The number of hydrogen-bond acceptors (Lipinski definition) is 4. The number of ketones is 1. The predicted octanol–water partition coefficient (Wildman–Crippen LogP) is 2.99. The highest BCUT2D eigenvalue weighted by molar-refractivity contribution is 6.04. The topological polar surface area (TPSA) is 68.6 Å². The Labute approximate surface area is 150 Å². The molecule has 0 bridgehead atoms. The maximum absolute atomic E-state index is 13.0. The van der Waals surface area contributed by atoms with Crippen molar-refractivity contribution in [2.75, 3.05) is 13.7 Å². The van der Waals surface area contributed by atoms with Crippen molar-refractivity contribution in [2.45, 2.75) is 61.1 Å². The highest BCUT2D eigenvalue weighted by atomic mass is 16.5. The van der Waals surface area contributed by atoms with Crippen LogP contribution < -0.4 is 0 Å². The average molecular weight is 350 g/mol. The molecule has 1 amide bonds. The van der Waals surface area contributed by atoms with Crippen molar-refractivity contribution in [1.82, 2.24) is 9.47 Å². The van der Waals surface area contributed by atoms with Crippen LogP contribution in [0.2, 0.25) is 0 Å². The first kappa shape index (κ1) is 20.9. The number of methoxy groups -OCH3 is 1. The second-order valence-corrected chi connectivity index (χ2v) is 6.81. The maximum atomic E-state index is 13.0. The number of carbonyl (C=O) groups excluding carboxylic acids is 3. The quantitative estimate of drug-likeness (QED) is 0.560. The van der Waals surface area contributed by atoms with E-state index >= 15 is 0 Å². The zero-order valence-electron chi connectivity index (χ0n) is 16.6. The highest BCUT2D eigenvalue weighted by Crippen LogP contribution is 2.24. The molecule has 0 aliphatic carbocycles. The highest BCUT2D eigenvalue weighted by Gasteiger charge is 2.29. The van der Waals surface area contributed by atoms with Crippen molar-refractivity contribution in [3.05, 3.63) is 22.5 Å². The molecule has 0 spiro atoms. The van der Waals surface area contributed by atoms with Crippen molar-refractivity contribution >= 4 is 17.7 Å². The van der Waals surface area contributed by atoms with E-state index in [2.05, 4.69) is 0 Å². The number of nitrogens with zero attached hydrogens (tertiary/aromatic N) is 2. The Morgan fingerprint density at radius 2 is 1.68 bits per heavy atom. The zero-order chi connectivity index (χ0) is 19.5. The standard InChI is InChI=1S/C19H30N2O4/c1-9-20-14(7)16(13(6)17(20)19(24)25-8)15(22)10-21(12(4)5)18(23)11(2)3/h11-12H,9-10H2,1-8H3. The van der Waals surface area contributed by atoms with Crippen molar-refractivity contribution in [1.29, 1.82) is 0 Å². The van der Waals surface area contributed by atoms with Gasteiger partial charge in [0.05, 0.1) is 13.7 Å². The number of esters is 1. The van der Waals surface area contributed by atoms with E-state index in [4.69, 9.17) is 4.74 Å².